The highest BCUT2D eigenvalue weighted by Gasteiger charge is 2.16. The minimum absolute atomic E-state index is 0.340. The lowest BCUT2D eigenvalue weighted by atomic mass is 10.0. The van der Waals surface area contributed by atoms with Crippen LogP contribution in [0.5, 0.6) is 23.0 Å². The molecule has 0 saturated heterocycles. The minimum atomic E-state index is -3.37. The second-order valence-corrected chi connectivity index (χ2v) is 21.6. The van der Waals surface area contributed by atoms with Crippen LogP contribution < -0.4 is 9.47 Å². The van der Waals surface area contributed by atoms with Crippen LogP contribution in [0.15, 0.2) is 252 Å². The van der Waals surface area contributed by atoms with E-state index >= 15 is 0 Å². The lowest BCUT2D eigenvalue weighted by molar-refractivity contribution is 0.482. The normalized spacial score (nSPS) is 10.2. The Kier molecular flexibility index (Phi) is 23.5. The maximum atomic E-state index is 12.3. The average molecular weight is 1040 g/mol. The lowest BCUT2D eigenvalue weighted by Gasteiger charge is -2.06. The van der Waals surface area contributed by atoms with Crippen LogP contribution in [0.4, 0.5) is 0 Å². The Morgan fingerprint density at radius 1 is 0.221 bits per heavy atom. The molecule has 10 aromatic carbocycles. The summed E-state index contributed by atoms with van der Waals surface area (Å²) in [6, 6.07) is 80.2. The molecule has 0 fully saturated rings. The molecule has 0 spiro atoms. The van der Waals surface area contributed by atoms with Gasteiger partial charge in [-0.05, 0) is 173 Å². The largest absolute Gasteiger partial charge is 0.457 e. The smallest absolute Gasteiger partial charge is 0.206 e. The molecule has 0 bridgehead atoms. The summed E-state index contributed by atoms with van der Waals surface area (Å²) in [5.41, 5.74) is 17.6. The summed E-state index contributed by atoms with van der Waals surface area (Å²) in [6.07, 6.45) is 0. The predicted octanol–water partition coefficient (Wildman–Crippen LogP) is 19.9. The molecule has 0 saturated carbocycles. The molecular weight excluding hydrogens is 961 g/mol. The summed E-state index contributed by atoms with van der Waals surface area (Å²) < 4.78 is 35.9. The van der Waals surface area contributed by atoms with E-state index in [9.17, 15) is 8.42 Å². The third-order valence-electron chi connectivity index (χ3n) is 12.0. The first-order chi connectivity index (χ1) is 36.8. The number of aryl methyl sites for hydroxylation is 12. The Morgan fingerprint density at radius 3 is 0.701 bits per heavy atom. The predicted molar refractivity (Wildman–Crippen MR) is 326 cm³/mol. The Balaban J connectivity index is 0.000000174. The maximum Gasteiger partial charge on any atom is 0.206 e. The Hall–Kier alpha value is -8.25. The molecule has 394 valence electrons. The van der Waals surface area contributed by atoms with Gasteiger partial charge in [0.2, 0.25) is 9.84 Å². The topological polar surface area (TPSA) is 52.6 Å². The molecule has 0 N–H and O–H groups in total. The van der Waals surface area contributed by atoms with Crippen LogP contribution in [0.25, 0.3) is 11.1 Å². The summed E-state index contributed by atoms with van der Waals surface area (Å²) in [4.78, 5) is 0.680. The third kappa shape index (κ3) is 21.9. The zero-order chi connectivity index (χ0) is 55.7. The standard InChI is InChI=1S/C14H14O2S.2C14H14O.C14H14.2C8H10/c1-11-3-7-13(8-4-11)17(15,16)14-9-5-12(2)6-10-14;1-11-3-7-13(8-4-11)15-14-9-5-12(2)6-10-14;1-11-6-8-13(9-7-11)15-14-5-3-4-12(2)10-14;1-11-3-7-13(8-4-11)14-9-5-12(2)6-10-14;1-7-3-5-8(2)6-4-7;1-7-4-3-5-8(2)6-7/h3-10H,1-2H3;2*3-10H,1-2H3;3-10H,1-2H3;2*3-6H,1-2H3. The number of sulfone groups is 1. The molecule has 77 heavy (non-hydrogen) atoms. The highest BCUT2D eigenvalue weighted by Crippen LogP contribution is 2.25. The van der Waals surface area contributed by atoms with Gasteiger partial charge in [-0.3, -0.25) is 0 Å². The van der Waals surface area contributed by atoms with E-state index in [1.807, 2.05) is 105 Å². The van der Waals surface area contributed by atoms with Crippen molar-refractivity contribution in [2.24, 2.45) is 0 Å². The van der Waals surface area contributed by atoms with Gasteiger partial charge in [0.05, 0.1) is 9.79 Å². The molecule has 0 radical (unpaired) electrons. The van der Waals surface area contributed by atoms with E-state index in [0.717, 1.165) is 34.1 Å². The van der Waals surface area contributed by atoms with E-state index in [2.05, 4.69) is 172 Å². The molecule has 0 aliphatic heterocycles. The highest BCUT2D eigenvalue weighted by molar-refractivity contribution is 7.91. The number of benzene rings is 10. The lowest BCUT2D eigenvalue weighted by Crippen LogP contribution is -2.01. The maximum absolute atomic E-state index is 12.3. The van der Waals surface area contributed by atoms with Gasteiger partial charge < -0.3 is 9.47 Å². The second kappa shape index (κ2) is 30.3. The number of hydrogen-bond acceptors (Lipinski definition) is 4. The third-order valence-corrected chi connectivity index (χ3v) is 13.8. The monoisotopic (exact) mass is 1040 g/mol. The van der Waals surface area contributed by atoms with Crippen molar-refractivity contribution >= 4 is 9.84 Å². The Labute approximate surface area is 461 Å². The summed E-state index contributed by atoms with van der Waals surface area (Å²) >= 11 is 0. The van der Waals surface area contributed by atoms with Crippen LogP contribution in [-0.4, -0.2) is 8.42 Å². The molecule has 10 aromatic rings. The molecule has 0 atom stereocenters. The van der Waals surface area contributed by atoms with Crippen LogP contribution in [0, 0.1) is 83.1 Å². The first-order valence-electron chi connectivity index (χ1n) is 26.0. The molecule has 0 aliphatic carbocycles. The van der Waals surface area contributed by atoms with E-state index in [1.165, 1.54) is 66.8 Å². The van der Waals surface area contributed by atoms with E-state index in [0.29, 0.717) is 9.79 Å². The zero-order valence-corrected chi connectivity index (χ0v) is 48.0. The number of ether oxygens (including phenoxy) is 2. The van der Waals surface area contributed by atoms with Gasteiger partial charge in [0.1, 0.15) is 23.0 Å². The van der Waals surface area contributed by atoms with Crippen LogP contribution in [0.1, 0.15) is 66.8 Å². The van der Waals surface area contributed by atoms with E-state index in [-0.39, 0.29) is 0 Å². The van der Waals surface area contributed by atoms with Crippen molar-refractivity contribution in [1.82, 2.24) is 0 Å². The summed E-state index contributed by atoms with van der Waals surface area (Å²) in [7, 11) is -3.37. The van der Waals surface area contributed by atoms with Crippen LogP contribution in [0.3, 0.4) is 0 Å². The van der Waals surface area contributed by atoms with Crippen LogP contribution >= 0.6 is 0 Å². The van der Waals surface area contributed by atoms with Crippen molar-refractivity contribution in [3.63, 3.8) is 0 Å². The van der Waals surface area contributed by atoms with Gasteiger partial charge in [0, 0.05) is 0 Å². The van der Waals surface area contributed by atoms with Gasteiger partial charge in [0.25, 0.3) is 0 Å². The Bertz CT molecular complexity index is 3220. The van der Waals surface area contributed by atoms with Gasteiger partial charge in [-0.15, -0.1) is 0 Å². The first kappa shape index (κ1) is 59.6. The van der Waals surface area contributed by atoms with Crippen molar-refractivity contribution in [2.45, 2.75) is 92.9 Å². The fourth-order valence-electron chi connectivity index (χ4n) is 7.28. The van der Waals surface area contributed by atoms with Gasteiger partial charge in [-0.25, -0.2) is 8.42 Å². The molecule has 0 amide bonds. The molecule has 10 rings (SSSR count). The van der Waals surface area contributed by atoms with Gasteiger partial charge in [-0.1, -0.05) is 231 Å². The number of hydrogen-bond donors (Lipinski definition) is 0. The second-order valence-electron chi connectivity index (χ2n) is 19.6. The van der Waals surface area contributed by atoms with Crippen molar-refractivity contribution < 1.29 is 17.9 Å². The van der Waals surface area contributed by atoms with Gasteiger partial charge >= 0.3 is 0 Å². The van der Waals surface area contributed by atoms with E-state index in [4.69, 9.17) is 9.47 Å². The van der Waals surface area contributed by atoms with Crippen LogP contribution in [-0.2, 0) is 9.84 Å². The Morgan fingerprint density at radius 2 is 0.442 bits per heavy atom. The molecular formula is C72H76O4S. The SMILES string of the molecule is Cc1ccc(-c2ccc(C)cc2)cc1.Cc1ccc(C)cc1.Cc1ccc(Oc2ccc(C)cc2)cc1.Cc1ccc(Oc2cccc(C)c2)cc1.Cc1ccc(S(=O)(=O)c2ccc(C)cc2)cc1.Cc1cccc(C)c1. The molecule has 0 unspecified atom stereocenters. The summed E-state index contributed by atoms with van der Waals surface area (Å²) in [5, 5.41) is 0. The van der Waals surface area contributed by atoms with Crippen LogP contribution in [0.2, 0.25) is 0 Å². The average Bonchev–Trinajstić information content (AvgIpc) is 3.41. The van der Waals surface area contributed by atoms with Crippen molar-refractivity contribution in [3.05, 3.63) is 309 Å². The summed E-state index contributed by atoms with van der Waals surface area (Å²) in [6.45, 7) is 24.7. The van der Waals surface area contributed by atoms with Crippen molar-refractivity contribution in [1.29, 1.82) is 0 Å². The minimum Gasteiger partial charge on any atom is -0.457 e. The molecule has 5 heteroatoms. The zero-order valence-electron chi connectivity index (χ0n) is 47.1. The highest BCUT2D eigenvalue weighted by atomic mass is 32.2. The van der Waals surface area contributed by atoms with Gasteiger partial charge in [0.15, 0.2) is 0 Å². The fourth-order valence-corrected chi connectivity index (χ4v) is 8.54. The van der Waals surface area contributed by atoms with Gasteiger partial charge in [-0.2, -0.15) is 0 Å². The summed E-state index contributed by atoms with van der Waals surface area (Å²) in [5.74, 6) is 3.53. The van der Waals surface area contributed by atoms with Crippen molar-refractivity contribution in [2.75, 3.05) is 0 Å². The van der Waals surface area contributed by atoms with E-state index < -0.39 is 9.84 Å². The van der Waals surface area contributed by atoms with E-state index in [1.54, 1.807) is 48.5 Å². The number of rotatable bonds is 7. The molecule has 4 nitrogen and oxygen atoms in total. The molecule has 0 heterocycles. The molecule has 0 aliphatic rings. The molecule has 0 aromatic heterocycles. The van der Waals surface area contributed by atoms with Crippen molar-refractivity contribution in [3.8, 4) is 34.1 Å². The quantitative estimate of drug-likeness (QED) is 0.160. The first-order valence-corrected chi connectivity index (χ1v) is 27.5. The fraction of sp³-hybridized carbons (Fsp3) is 0.167.